The second kappa shape index (κ2) is 4.68. The first-order valence-electron chi connectivity index (χ1n) is 5.81. The van der Waals surface area contributed by atoms with Gasteiger partial charge in [0.1, 0.15) is 17.8 Å². The third-order valence-electron chi connectivity index (χ3n) is 3.28. The van der Waals surface area contributed by atoms with Crippen LogP contribution in [0.2, 0.25) is 0 Å². The van der Waals surface area contributed by atoms with Crippen LogP contribution >= 0.6 is 0 Å². The van der Waals surface area contributed by atoms with E-state index in [0.29, 0.717) is 11.6 Å². The van der Waals surface area contributed by atoms with Crippen molar-refractivity contribution in [1.82, 2.24) is 14.5 Å². The molecule has 0 fully saturated rings. The molecule has 2 atom stereocenters. The number of aryl methyl sites for hydroxylation is 1. The fraction of sp³-hybridized carbons (Fsp3) is 0.500. The highest BCUT2D eigenvalue weighted by atomic mass is 32.2. The smallest absolute Gasteiger partial charge is 0.146 e. The summed E-state index contributed by atoms with van der Waals surface area (Å²) in [6, 6.07) is 0.126. The van der Waals surface area contributed by atoms with Crippen LogP contribution in [0.25, 0.3) is 11.0 Å². The molecule has 0 bridgehead atoms. The molecule has 2 rings (SSSR count). The molecule has 6 heteroatoms. The van der Waals surface area contributed by atoms with Crippen LogP contribution in [0.15, 0.2) is 6.33 Å². The Bertz CT molecular complexity index is 620. The minimum Gasteiger partial charge on any atom is -0.383 e. The molecular formula is C12H18N4OS. The maximum Gasteiger partial charge on any atom is 0.146 e. The van der Waals surface area contributed by atoms with Crippen molar-refractivity contribution in [3.63, 3.8) is 0 Å². The fourth-order valence-electron chi connectivity index (χ4n) is 2.41. The molecule has 98 valence electrons. The van der Waals surface area contributed by atoms with Crippen LogP contribution in [-0.4, -0.2) is 30.8 Å². The molecule has 2 N–H and O–H groups in total. The molecule has 0 aliphatic rings. The Morgan fingerprint density at radius 3 is 2.72 bits per heavy atom. The summed E-state index contributed by atoms with van der Waals surface area (Å²) in [6.07, 6.45) is 3.19. The molecule has 2 heterocycles. The lowest BCUT2D eigenvalue weighted by molar-refractivity contribution is 0.598. The lowest BCUT2D eigenvalue weighted by Gasteiger charge is -2.15. The number of rotatable bonds is 3. The Balaban J connectivity index is 2.67. The third-order valence-corrected chi connectivity index (χ3v) is 4.23. The van der Waals surface area contributed by atoms with Gasteiger partial charge in [0.05, 0.1) is 5.39 Å². The average molecular weight is 266 g/mol. The molecule has 0 aliphatic heterocycles. The van der Waals surface area contributed by atoms with Gasteiger partial charge in [-0.3, -0.25) is 4.21 Å². The summed E-state index contributed by atoms with van der Waals surface area (Å²) in [7, 11) is -0.839. The minimum absolute atomic E-state index is 0.126. The number of nitrogens with two attached hydrogens (primary N) is 1. The van der Waals surface area contributed by atoms with Gasteiger partial charge in [-0.05, 0) is 26.3 Å². The summed E-state index contributed by atoms with van der Waals surface area (Å²) in [5, 5.41) is 0.906. The van der Waals surface area contributed by atoms with Gasteiger partial charge in [0, 0.05) is 34.5 Å². The van der Waals surface area contributed by atoms with Crippen molar-refractivity contribution in [2.24, 2.45) is 0 Å². The predicted octanol–water partition coefficient (Wildman–Crippen LogP) is 1.57. The Labute approximate surface area is 109 Å². The molecule has 0 amide bonds. The van der Waals surface area contributed by atoms with Gasteiger partial charge in [-0.1, -0.05) is 0 Å². The van der Waals surface area contributed by atoms with Crippen LogP contribution in [0.1, 0.15) is 24.2 Å². The van der Waals surface area contributed by atoms with Crippen molar-refractivity contribution < 1.29 is 4.21 Å². The van der Waals surface area contributed by atoms with E-state index in [1.54, 1.807) is 6.26 Å². The summed E-state index contributed by atoms with van der Waals surface area (Å²) < 4.78 is 13.5. The van der Waals surface area contributed by atoms with E-state index in [4.69, 9.17) is 5.73 Å². The monoisotopic (exact) mass is 266 g/mol. The second-order valence-electron chi connectivity index (χ2n) is 4.63. The molecule has 0 spiro atoms. The lowest BCUT2D eigenvalue weighted by atomic mass is 10.2. The van der Waals surface area contributed by atoms with Crippen LogP contribution < -0.4 is 5.73 Å². The molecule has 0 aromatic carbocycles. The third kappa shape index (κ3) is 2.01. The number of anilines is 1. The molecule has 18 heavy (non-hydrogen) atoms. The zero-order valence-electron chi connectivity index (χ0n) is 11.1. The normalized spacial score (nSPS) is 14.9. The van der Waals surface area contributed by atoms with E-state index in [1.807, 2.05) is 20.8 Å². The second-order valence-corrected chi connectivity index (χ2v) is 6.11. The van der Waals surface area contributed by atoms with Crippen LogP contribution in [0.4, 0.5) is 5.82 Å². The minimum atomic E-state index is -0.839. The molecule has 0 saturated carbocycles. The largest absolute Gasteiger partial charge is 0.383 e. The van der Waals surface area contributed by atoms with Crippen LogP contribution in [0.3, 0.4) is 0 Å². The first kappa shape index (κ1) is 13.0. The quantitative estimate of drug-likeness (QED) is 0.915. The number of nitrogens with zero attached hydrogens (tertiary/aromatic N) is 3. The maximum absolute atomic E-state index is 11.4. The van der Waals surface area contributed by atoms with Crippen LogP contribution in [0.5, 0.6) is 0 Å². The number of fused-ring (bicyclic) bond motifs is 1. The summed E-state index contributed by atoms with van der Waals surface area (Å²) in [5.74, 6) is 1.11. The molecule has 2 unspecified atom stereocenters. The van der Waals surface area contributed by atoms with E-state index >= 15 is 0 Å². The highest BCUT2D eigenvalue weighted by Crippen LogP contribution is 2.29. The van der Waals surface area contributed by atoms with E-state index in [1.165, 1.54) is 6.33 Å². The number of aromatic nitrogens is 3. The Morgan fingerprint density at radius 2 is 2.11 bits per heavy atom. The Morgan fingerprint density at radius 1 is 1.44 bits per heavy atom. The molecule has 0 saturated heterocycles. The molecule has 2 aromatic heterocycles. The van der Waals surface area contributed by atoms with Gasteiger partial charge in [-0.15, -0.1) is 0 Å². The molecule has 0 radical (unpaired) electrons. The van der Waals surface area contributed by atoms with Gasteiger partial charge in [0.2, 0.25) is 0 Å². The summed E-state index contributed by atoms with van der Waals surface area (Å²) in [5.41, 5.74) is 8.95. The highest BCUT2D eigenvalue weighted by Gasteiger charge is 2.19. The zero-order valence-corrected chi connectivity index (χ0v) is 11.9. The first-order chi connectivity index (χ1) is 8.43. The van der Waals surface area contributed by atoms with Crippen molar-refractivity contribution >= 4 is 27.7 Å². The van der Waals surface area contributed by atoms with E-state index in [0.717, 1.165) is 22.3 Å². The molecule has 5 nitrogen and oxygen atoms in total. The zero-order chi connectivity index (χ0) is 13.4. The number of nitrogen functional groups attached to an aromatic ring is 1. The molecule has 0 aliphatic carbocycles. The Hall–Kier alpha value is -1.43. The first-order valence-corrected chi connectivity index (χ1v) is 7.53. The van der Waals surface area contributed by atoms with Crippen LogP contribution in [0, 0.1) is 13.8 Å². The summed E-state index contributed by atoms with van der Waals surface area (Å²) >= 11 is 0. The molecule has 2 aromatic rings. The Kier molecular flexibility index (Phi) is 3.38. The fourth-order valence-corrected chi connectivity index (χ4v) is 3.23. The van der Waals surface area contributed by atoms with Crippen molar-refractivity contribution in [3.8, 4) is 0 Å². The van der Waals surface area contributed by atoms with E-state index in [9.17, 15) is 4.21 Å². The molecular weight excluding hydrogens is 248 g/mol. The van der Waals surface area contributed by atoms with Gasteiger partial charge >= 0.3 is 0 Å². The average Bonchev–Trinajstić information content (AvgIpc) is 2.52. The topological polar surface area (TPSA) is 73.8 Å². The van der Waals surface area contributed by atoms with Crippen molar-refractivity contribution in [2.45, 2.75) is 26.8 Å². The van der Waals surface area contributed by atoms with Gasteiger partial charge in [0.25, 0.3) is 0 Å². The van der Waals surface area contributed by atoms with E-state index in [2.05, 4.69) is 14.5 Å². The van der Waals surface area contributed by atoms with E-state index < -0.39 is 10.8 Å². The number of hydrogen-bond acceptors (Lipinski definition) is 4. The summed E-state index contributed by atoms with van der Waals surface area (Å²) in [6.45, 7) is 6.10. The summed E-state index contributed by atoms with van der Waals surface area (Å²) in [4.78, 5) is 8.36. The highest BCUT2D eigenvalue weighted by molar-refractivity contribution is 7.84. The van der Waals surface area contributed by atoms with Gasteiger partial charge in [0.15, 0.2) is 0 Å². The van der Waals surface area contributed by atoms with Crippen molar-refractivity contribution in [2.75, 3.05) is 17.7 Å². The van der Waals surface area contributed by atoms with Crippen LogP contribution in [-0.2, 0) is 10.8 Å². The van der Waals surface area contributed by atoms with Crippen molar-refractivity contribution in [1.29, 1.82) is 0 Å². The van der Waals surface area contributed by atoms with Gasteiger partial charge < -0.3 is 10.3 Å². The number of hydrogen-bond donors (Lipinski definition) is 1. The standard InChI is InChI=1S/C12H18N4OS/c1-7(5-18(4)17)16-9(3)8(2)10-11(13)14-6-15-12(10)16/h6-7H,5H2,1-4H3,(H2,13,14,15). The SMILES string of the molecule is Cc1c(C)n(C(C)CS(C)=O)c2ncnc(N)c12. The van der Waals surface area contributed by atoms with Gasteiger partial charge in [-0.25, -0.2) is 9.97 Å². The lowest BCUT2D eigenvalue weighted by Crippen LogP contribution is -2.14. The predicted molar refractivity (Wildman–Crippen MR) is 75.1 cm³/mol. The van der Waals surface area contributed by atoms with E-state index in [-0.39, 0.29) is 6.04 Å². The van der Waals surface area contributed by atoms with Crippen molar-refractivity contribution in [3.05, 3.63) is 17.6 Å². The maximum atomic E-state index is 11.4. The van der Waals surface area contributed by atoms with Gasteiger partial charge in [-0.2, -0.15) is 0 Å².